The van der Waals surface area contributed by atoms with E-state index in [1.807, 2.05) is 18.4 Å². The molecule has 0 radical (unpaired) electrons. The first kappa shape index (κ1) is 24.3. The van der Waals surface area contributed by atoms with Crippen LogP contribution in [0.5, 0.6) is 0 Å². The molecule has 0 saturated heterocycles. The van der Waals surface area contributed by atoms with Gasteiger partial charge in [-0.3, -0.25) is 9.69 Å². The Morgan fingerprint density at radius 3 is 2.47 bits per heavy atom. The first-order chi connectivity index (χ1) is 17.2. The van der Waals surface area contributed by atoms with Crippen LogP contribution in [0.25, 0.3) is 0 Å². The molecular weight excluding hydrogens is 508 g/mol. The van der Waals surface area contributed by atoms with E-state index in [-0.39, 0.29) is 28.2 Å². The van der Waals surface area contributed by atoms with E-state index in [2.05, 4.69) is 15.0 Å². The topological polar surface area (TPSA) is 89.2 Å². The summed E-state index contributed by atoms with van der Waals surface area (Å²) >= 11 is 12.2. The fourth-order valence-electron chi connectivity index (χ4n) is 4.55. The highest BCUT2D eigenvalue weighted by atomic mass is 35.5. The highest BCUT2D eigenvalue weighted by Gasteiger charge is 2.46. The van der Waals surface area contributed by atoms with Crippen LogP contribution in [0.15, 0.2) is 52.4 Å². The van der Waals surface area contributed by atoms with Gasteiger partial charge in [0.1, 0.15) is 17.9 Å². The van der Waals surface area contributed by atoms with Crippen molar-refractivity contribution in [2.45, 2.75) is 32.0 Å². The van der Waals surface area contributed by atoms with Crippen LogP contribution in [-0.2, 0) is 4.74 Å². The standard InChI is InChI=1S/C25H20Cl2FN5O3/c1-12(2)32-22-20(30-23(32)19-17(36-3)11-29-25(35)31-19)24(34)33(16-6-4-5-15(27)18(16)28)21(22)13-7-9-14(26)10-8-13/h4-12,17,21H,1-3H3. The zero-order valence-corrected chi connectivity index (χ0v) is 21.0. The minimum Gasteiger partial charge on any atom is -0.369 e. The van der Waals surface area contributed by atoms with Crippen molar-refractivity contribution in [2.75, 3.05) is 12.0 Å². The number of halogens is 3. The molecule has 2 aliphatic rings. The van der Waals surface area contributed by atoms with Gasteiger partial charge in [-0.05, 0) is 43.7 Å². The maximum Gasteiger partial charge on any atom is 0.367 e. The van der Waals surface area contributed by atoms with E-state index in [0.29, 0.717) is 22.1 Å². The average molecular weight is 528 g/mol. The number of carbonyl (C=O) groups is 2. The quantitative estimate of drug-likeness (QED) is 0.427. The summed E-state index contributed by atoms with van der Waals surface area (Å²) in [4.78, 5) is 39.6. The number of ether oxygens (including phenoxy) is 1. The van der Waals surface area contributed by atoms with Gasteiger partial charge in [-0.2, -0.15) is 4.99 Å². The second-order valence-electron chi connectivity index (χ2n) is 8.55. The van der Waals surface area contributed by atoms with Crippen molar-refractivity contribution < 1.29 is 18.7 Å². The van der Waals surface area contributed by atoms with Crippen LogP contribution < -0.4 is 4.90 Å². The van der Waals surface area contributed by atoms with Gasteiger partial charge in [0, 0.05) is 24.4 Å². The van der Waals surface area contributed by atoms with Gasteiger partial charge in [-0.1, -0.05) is 41.4 Å². The van der Waals surface area contributed by atoms with Crippen molar-refractivity contribution in [3.63, 3.8) is 0 Å². The van der Waals surface area contributed by atoms with Crippen LogP contribution in [0.1, 0.15) is 53.5 Å². The highest BCUT2D eigenvalue weighted by molar-refractivity contribution is 6.31. The van der Waals surface area contributed by atoms with Crippen LogP contribution in [0.4, 0.5) is 14.9 Å². The average Bonchev–Trinajstić information content (AvgIpc) is 3.37. The van der Waals surface area contributed by atoms with Gasteiger partial charge >= 0.3 is 6.03 Å². The van der Waals surface area contributed by atoms with Crippen molar-refractivity contribution >= 4 is 52.8 Å². The zero-order valence-electron chi connectivity index (χ0n) is 19.4. The summed E-state index contributed by atoms with van der Waals surface area (Å²) in [5.74, 6) is -0.928. The molecule has 3 aromatic rings. The number of urea groups is 1. The van der Waals surface area contributed by atoms with Crippen molar-refractivity contribution in [1.82, 2.24) is 9.55 Å². The highest BCUT2D eigenvalue weighted by Crippen LogP contribution is 2.45. The molecule has 5 rings (SSSR count). The van der Waals surface area contributed by atoms with Crippen LogP contribution in [0, 0.1) is 5.82 Å². The Labute approximate surface area is 216 Å². The summed E-state index contributed by atoms with van der Waals surface area (Å²) in [7, 11) is 1.46. The summed E-state index contributed by atoms with van der Waals surface area (Å²) in [5, 5.41) is 0.406. The monoisotopic (exact) mass is 527 g/mol. The third kappa shape index (κ3) is 3.84. The number of fused-ring (bicyclic) bond motifs is 1. The Morgan fingerprint density at radius 2 is 1.81 bits per heavy atom. The Bertz CT molecular complexity index is 1450. The van der Waals surface area contributed by atoms with Gasteiger partial charge in [0.25, 0.3) is 5.91 Å². The number of rotatable bonds is 5. The molecule has 0 aliphatic carbocycles. The van der Waals surface area contributed by atoms with E-state index in [0.717, 1.165) is 0 Å². The Kier molecular flexibility index (Phi) is 6.23. The van der Waals surface area contributed by atoms with E-state index < -0.39 is 29.9 Å². The van der Waals surface area contributed by atoms with Crippen LogP contribution >= 0.6 is 23.2 Å². The molecule has 2 atom stereocenters. The zero-order chi connectivity index (χ0) is 25.7. The lowest BCUT2D eigenvalue weighted by molar-refractivity contribution is 0.0988. The molecule has 2 aromatic carbocycles. The number of imidazole rings is 1. The van der Waals surface area contributed by atoms with E-state index in [4.69, 9.17) is 27.9 Å². The number of hydrogen-bond acceptors (Lipinski definition) is 4. The first-order valence-corrected chi connectivity index (χ1v) is 11.8. The maximum absolute atomic E-state index is 15.2. The molecule has 3 amide bonds. The van der Waals surface area contributed by atoms with Gasteiger partial charge in [-0.25, -0.2) is 19.2 Å². The smallest absolute Gasteiger partial charge is 0.367 e. The second kappa shape index (κ2) is 9.24. The number of hydrogen-bond donors (Lipinski definition) is 0. The molecule has 36 heavy (non-hydrogen) atoms. The SMILES string of the molecule is COC1C=NC(=O)N=C1c1nc2c(n1C(C)C)C(c1ccc(Cl)cc1)N(c1cccc(Cl)c1F)C2=O. The van der Waals surface area contributed by atoms with Crippen molar-refractivity contribution in [1.29, 1.82) is 0 Å². The first-order valence-electron chi connectivity index (χ1n) is 11.1. The Hall–Kier alpha value is -3.40. The van der Waals surface area contributed by atoms with E-state index in [9.17, 15) is 9.59 Å². The molecule has 2 aliphatic heterocycles. The molecule has 184 valence electrons. The van der Waals surface area contributed by atoms with Crippen LogP contribution in [0.2, 0.25) is 10.0 Å². The Morgan fingerprint density at radius 1 is 1.08 bits per heavy atom. The third-order valence-electron chi connectivity index (χ3n) is 6.07. The van der Waals surface area contributed by atoms with Crippen molar-refractivity contribution in [3.05, 3.63) is 81.1 Å². The molecule has 0 fully saturated rings. The third-order valence-corrected chi connectivity index (χ3v) is 6.61. The summed E-state index contributed by atoms with van der Waals surface area (Å²) in [6.07, 6.45) is 0.620. The lowest BCUT2D eigenvalue weighted by Crippen LogP contribution is -2.35. The van der Waals surface area contributed by atoms with Gasteiger partial charge in [0.15, 0.2) is 17.3 Å². The van der Waals surface area contributed by atoms with Crippen molar-refractivity contribution in [2.24, 2.45) is 9.98 Å². The number of methoxy groups -OCH3 is 1. The molecule has 1 aromatic heterocycles. The molecule has 11 heteroatoms. The second-order valence-corrected chi connectivity index (χ2v) is 9.39. The van der Waals surface area contributed by atoms with E-state index in [1.54, 1.807) is 30.3 Å². The molecule has 8 nitrogen and oxygen atoms in total. The van der Waals surface area contributed by atoms with Crippen LogP contribution in [-0.4, -0.2) is 46.6 Å². The summed E-state index contributed by atoms with van der Waals surface area (Å²) in [6, 6.07) is 9.78. The van der Waals surface area contributed by atoms with Crippen molar-refractivity contribution in [3.8, 4) is 0 Å². The molecule has 0 saturated carbocycles. The van der Waals surface area contributed by atoms with E-state index >= 15 is 4.39 Å². The number of amides is 3. The molecule has 3 heterocycles. The number of benzene rings is 2. The van der Waals surface area contributed by atoms with Gasteiger partial charge in [0.2, 0.25) is 0 Å². The number of nitrogens with zero attached hydrogens (tertiary/aromatic N) is 5. The summed E-state index contributed by atoms with van der Waals surface area (Å²) in [5.41, 5.74) is 1.59. The number of carbonyl (C=O) groups excluding carboxylic acids is 2. The van der Waals surface area contributed by atoms with Gasteiger partial charge in [0.05, 0.1) is 16.4 Å². The van der Waals surface area contributed by atoms with Crippen LogP contribution in [0.3, 0.4) is 0 Å². The summed E-state index contributed by atoms with van der Waals surface area (Å²) in [6.45, 7) is 3.83. The predicted octanol–water partition coefficient (Wildman–Crippen LogP) is 5.67. The van der Waals surface area contributed by atoms with Gasteiger partial charge in [-0.15, -0.1) is 0 Å². The molecule has 0 bridgehead atoms. The molecular formula is C25H20Cl2FN5O3. The molecule has 0 spiro atoms. The predicted molar refractivity (Wildman–Crippen MR) is 135 cm³/mol. The Balaban J connectivity index is 1.78. The van der Waals surface area contributed by atoms with Gasteiger partial charge < -0.3 is 9.30 Å². The number of aromatic nitrogens is 2. The maximum atomic E-state index is 15.2. The normalized spacial score (nSPS) is 19.3. The minimum atomic E-state index is -0.754. The lowest BCUT2D eigenvalue weighted by Gasteiger charge is -2.29. The number of anilines is 1. The molecule has 2 unspecified atom stereocenters. The lowest BCUT2D eigenvalue weighted by atomic mass is 10.0. The largest absolute Gasteiger partial charge is 0.369 e. The van der Waals surface area contributed by atoms with E-state index in [1.165, 1.54) is 30.4 Å². The fourth-order valence-corrected chi connectivity index (χ4v) is 4.84. The fraction of sp³-hybridized carbons (Fsp3) is 0.240. The minimum absolute atomic E-state index is 0.0226. The number of aliphatic imine (C=N–C) groups is 2. The summed E-state index contributed by atoms with van der Waals surface area (Å²) < 4.78 is 22.5. The molecule has 0 N–H and O–H groups in total.